The molecule has 2 N–H and O–H groups in total. The van der Waals surface area contributed by atoms with Crippen LogP contribution in [0.15, 0.2) is 24.3 Å². The van der Waals surface area contributed by atoms with Gasteiger partial charge in [0.15, 0.2) is 6.61 Å². The molecule has 0 bridgehead atoms. The van der Waals surface area contributed by atoms with Crippen LogP contribution in [0.2, 0.25) is 0 Å². The Morgan fingerprint density at radius 1 is 1.27 bits per heavy atom. The van der Waals surface area contributed by atoms with Gasteiger partial charge in [-0.25, -0.2) is 0 Å². The minimum absolute atomic E-state index is 0.0129. The Bertz CT molecular complexity index is 642. The summed E-state index contributed by atoms with van der Waals surface area (Å²) in [5.41, 5.74) is -0.398. The van der Waals surface area contributed by atoms with Crippen molar-refractivity contribution in [2.75, 3.05) is 19.8 Å². The third-order valence-electron chi connectivity index (χ3n) is 4.01. The smallest absolute Gasteiger partial charge is 0.422 e. The molecular formula is C17H20F3NO5. The Labute approximate surface area is 148 Å². The number of amides is 1. The first-order chi connectivity index (χ1) is 12.2. The predicted octanol–water partition coefficient (Wildman–Crippen LogP) is 2.31. The third-order valence-corrected chi connectivity index (χ3v) is 4.01. The van der Waals surface area contributed by atoms with Crippen molar-refractivity contribution < 1.29 is 37.3 Å². The molecule has 1 aliphatic heterocycles. The van der Waals surface area contributed by atoms with Crippen molar-refractivity contribution in [1.29, 1.82) is 0 Å². The SMILES string of the molecule is O=C(O)CC1(NC(=O)Cc2cccc(OCC(F)(F)F)c2)CCOCC1. The molecule has 9 heteroatoms. The summed E-state index contributed by atoms with van der Waals surface area (Å²) in [6.45, 7) is -0.701. The van der Waals surface area contributed by atoms with Gasteiger partial charge in [-0.1, -0.05) is 12.1 Å². The number of rotatable bonds is 7. The van der Waals surface area contributed by atoms with Crippen molar-refractivity contribution in [3.8, 4) is 5.75 Å². The van der Waals surface area contributed by atoms with Gasteiger partial charge in [-0.05, 0) is 30.5 Å². The first kappa shape index (κ1) is 20.0. The number of nitrogens with one attached hydrogen (secondary N) is 1. The molecule has 0 unspecified atom stereocenters. The van der Waals surface area contributed by atoms with Crippen molar-refractivity contribution in [2.45, 2.75) is 37.4 Å². The van der Waals surface area contributed by atoms with Gasteiger partial charge < -0.3 is 19.9 Å². The molecule has 0 spiro atoms. The van der Waals surface area contributed by atoms with E-state index >= 15 is 0 Å². The van der Waals surface area contributed by atoms with Crippen LogP contribution in [0, 0.1) is 0 Å². The number of carbonyl (C=O) groups excluding carboxylic acids is 1. The van der Waals surface area contributed by atoms with Crippen molar-refractivity contribution in [1.82, 2.24) is 5.32 Å². The van der Waals surface area contributed by atoms with E-state index < -0.39 is 30.2 Å². The summed E-state index contributed by atoms with van der Waals surface area (Å²) >= 11 is 0. The number of ether oxygens (including phenoxy) is 2. The average molecular weight is 375 g/mol. The van der Waals surface area contributed by atoms with E-state index in [1.165, 1.54) is 18.2 Å². The van der Waals surface area contributed by atoms with Crippen molar-refractivity contribution in [2.24, 2.45) is 0 Å². The highest BCUT2D eigenvalue weighted by atomic mass is 19.4. The number of halogens is 3. The second-order valence-corrected chi connectivity index (χ2v) is 6.24. The molecule has 0 atom stereocenters. The molecule has 1 fully saturated rings. The van der Waals surface area contributed by atoms with Gasteiger partial charge in [0.25, 0.3) is 0 Å². The summed E-state index contributed by atoms with van der Waals surface area (Å²) in [6, 6.07) is 5.82. The fraction of sp³-hybridized carbons (Fsp3) is 0.529. The van der Waals surface area contributed by atoms with E-state index in [4.69, 9.17) is 9.84 Å². The van der Waals surface area contributed by atoms with Crippen LogP contribution in [0.1, 0.15) is 24.8 Å². The molecular weight excluding hydrogens is 355 g/mol. The van der Waals surface area contributed by atoms with Gasteiger partial charge in [0.1, 0.15) is 5.75 Å². The van der Waals surface area contributed by atoms with Gasteiger partial charge in [-0.3, -0.25) is 9.59 Å². The van der Waals surface area contributed by atoms with E-state index in [0.717, 1.165) is 0 Å². The van der Waals surface area contributed by atoms with Crippen molar-refractivity contribution in [3.63, 3.8) is 0 Å². The van der Waals surface area contributed by atoms with Crippen LogP contribution in [0.4, 0.5) is 13.2 Å². The number of alkyl halides is 3. The van der Waals surface area contributed by atoms with E-state index in [1.54, 1.807) is 6.07 Å². The summed E-state index contributed by atoms with van der Waals surface area (Å²) in [6.07, 6.45) is -3.97. The largest absolute Gasteiger partial charge is 0.484 e. The maximum Gasteiger partial charge on any atom is 0.422 e. The first-order valence-corrected chi connectivity index (χ1v) is 8.07. The minimum Gasteiger partial charge on any atom is -0.484 e. The number of benzene rings is 1. The highest BCUT2D eigenvalue weighted by Crippen LogP contribution is 2.25. The Hall–Kier alpha value is -2.29. The molecule has 1 aromatic carbocycles. The van der Waals surface area contributed by atoms with Crippen LogP contribution in [-0.4, -0.2) is 48.5 Å². The molecule has 1 heterocycles. The van der Waals surface area contributed by atoms with Crippen LogP contribution in [0.5, 0.6) is 5.75 Å². The normalized spacial score (nSPS) is 16.7. The molecule has 1 saturated heterocycles. The Morgan fingerprint density at radius 2 is 1.96 bits per heavy atom. The summed E-state index contributed by atoms with van der Waals surface area (Å²) in [5, 5.41) is 11.9. The highest BCUT2D eigenvalue weighted by Gasteiger charge is 2.36. The van der Waals surface area contributed by atoms with Crippen molar-refractivity contribution >= 4 is 11.9 Å². The van der Waals surface area contributed by atoms with Gasteiger partial charge in [-0.15, -0.1) is 0 Å². The molecule has 0 radical (unpaired) electrons. The van der Waals surface area contributed by atoms with Crippen molar-refractivity contribution in [3.05, 3.63) is 29.8 Å². The van der Waals surface area contributed by atoms with Crippen LogP contribution in [-0.2, 0) is 20.7 Å². The molecule has 6 nitrogen and oxygen atoms in total. The summed E-state index contributed by atoms with van der Waals surface area (Å²) in [5.74, 6) is -1.41. The van der Waals surface area contributed by atoms with E-state index in [1.807, 2.05) is 0 Å². The number of carboxylic acid groups (broad SMARTS) is 1. The monoisotopic (exact) mass is 375 g/mol. The zero-order chi connectivity index (χ0) is 19.2. The zero-order valence-corrected chi connectivity index (χ0v) is 14.0. The summed E-state index contributed by atoms with van der Waals surface area (Å²) in [4.78, 5) is 23.4. The number of carbonyl (C=O) groups is 2. The molecule has 1 amide bonds. The first-order valence-electron chi connectivity index (χ1n) is 8.07. The molecule has 2 rings (SSSR count). The van der Waals surface area contributed by atoms with E-state index in [9.17, 15) is 22.8 Å². The van der Waals surface area contributed by atoms with Gasteiger partial charge >= 0.3 is 12.1 Å². The van der Waals surface area contributed by atoms with Gasteiger partial charge in [-0.2, -0.15) is 13.2 Å². The van der Waals surface area contributed by atoms with E-state index in [-0.39, 0.29) is 18.6 Å². The number of aliphatic carboxylic acids is 1. The second kappa shape index (κ2) is 8.39. The lowest BCUT2D eigenvalue weighted by Gasteiger charge is -2.36. The van der Waals surface area contributed by atoms with Gasteiger partial charge in [0.2, 0.25) is 5.91 Å². The molecule has 144 valence electrons. The zero-order valence-electron chi connectivity index (χ0n) is 14.0. The van der Waals surface area contributed by atoms with E-state index in [0.29, 0.717) is 31.6 Å². The second-order valence-electron chi connectivity index (χ2n) is 6.24. The lowest BCUT2D eigenvalue weighted by atomic mass is 9.86. The molecule has 1 aliphatic rings. The predicted molar refractivity (Wildman–Crippen MR) is 84.9 cm³/mol. The Kier molecular flexibility index (Phi) is 6.47. The van der Waals surface area contributed by atoms with Crippen LogP contribution < -0.4 is 10.1 Å². The number of carboxylic acids is 1. The molecule has 0 aliphatic carbocycles. The van der Waals surface area contributed by atoms with Gasteiger partial charge in [0, 0.05) is 13.2 Å². The van der Waals surface area contributed by atoms with Crippen LogP contribution >= 0.6 is 0 Å². The van der Waals surface area contributed by atoms with E-state index in [2.05, 4.69) is 10.1 Å². The maximum absolute atomic E-state index is 12.3. The Morgan fingerprint density at radius 3 is 2.58 bits per heavy atom. The number of hydrogen-bond donors (Lipinski definition) is 2. The van der Waals surface area contributed by atoms with Gasteiger partial charge in [0.05, 0.1) is 18.4 Å². The standard InChI is InChI=1S/C17H20F3NO5/c18-17(19,20)11-26-13-3-1-2-12(8-13)9-14(22)21-16(10-15(23)24)4-6-25-7-5-16/h1-3,8H,4-7,9-11H2,(H,21,22)(H,23,24). The molecule has 26 heavy (non-hydrogen) atoms. The quantitative estimate of drug-likeness (QED) is 0.764. The highest BCUT2D eigenvalue weighted by molar-refractivity contribution is 5.80. The summed E-state index contributed by atoms with van der Waals surface area (Å²) < 4.78 is 46.5. The minimum atomic E-state index is -4.44. The average Bonchev–Trinajstić information content (AvgIpc) is 2.52. The van der Waals surface area contributed by atoms with Crippen LogP contribution in [0.3, 0.4) is 0 Å². The maximum atomic E-state index is 12.3. The molecule has 0 aromatic heterocycles. The lowest BCUT2D eigenvalue weighted by molar-refractivity contribution is -0.153. The third kappa shape index (κ3) is 6.55. The molecule has 1 aromatic rings. The Balaban J connectivity index is 1.98. The fourth-order valence-electron chi connectivity index (χ4n) is 2.83. The lowest BCUT2D eigenvalue weighted by Crippen LogP contribution is -2.53. The van der Waals surface area contributed by atoms with Crippen LogP contribution in [0.25, 0.3) is 0 Å². The fourth-order valence-corrected chi connectivity index (χ4v) is 2.83. The summed E-state index contributed by atoms with van der Waals surface area (Å²) in [7, 11) is 0. The topological polar surface area (TPSA) is 84.9 Å². The number of hydrogen-bond acceptors (Lipinski definition) is 4. The molecule has 0 saturated carbocycles.